The fraction of sp³-hybridized carbons (Fsp3) is 0.353. The van der Waals surface area contributed by atoms with Crippen LogP contribution in [0.4, 0.5) is 11.6 Å². The van der Waals surface area contributed by atoms with E-state index in [0.717, 1.165) is 32.7 Å². The number of aromatic nitrogens is 2. The van der Waals surface area contributed by atoms with Crippen LogP contribution in [0.1, 0.15) is 17.3 Å². The van der Waals surface area contributed by atoms with Gasteiger partial charge in [0.2, 0.25) is 5.95 Å². The number of halogens is 2. The minimum atomic E-state index is -0.291. The summed E-state index contributed by atoms with van der Waals surface area (Å²) in [5.74, 6) is 0.364. The van der Waals surface area contributed by atoms with Crippen molar-refractivity contribution in [3.05, 3.63) is 46.2 Å². The van der Waals surface area contributed by atoms with E-state index in [4.69, 9.17) is 23.2 Å². The van der Waals surface area contributed by atoms with Gasteiger partial charge in [0.15, 0.2) is 0 Å². The molecule has 0 unspecified atom stereocenters. The Morgan fingerprint density at radius 3 is 2.40 bits per heavy atom. The highest BCUT2D eigenvalue weighted by molar-refractivity contribution is 6.42. The molecule has 6 nitrogen and oxygen atoms in total. The number of hydrogen-bond acceptors (Lipinski definition) is 5. The van der Waals surface area contributed by atoms with Gasteiger partial charge in [0.05, 0.1) is 15.6 Å². The third-order valence-electron chi connectivity index (χ3n) is 4.18. The summed E-state index contributed by atoms with van der Waals surface area (Å²) in [4.78, 5) is 25.5. The van der Waals surface area contributed by atoms with Crippen LogP contribution in [0.5, 0.6) is 0 Å². The lowest BCUT2D eigenvalue weighted by atomic mass is 10.2. The average Bonchev–Trinajstić information content (AvgIpc) is 2.65. The molecule has 3 rings (SSSR count). The minimum Gasteiger partial charge on any atom is -0.338 e. The Morgan fingerprint density at radius 2 is 1.80 bits per heavy atom. The summed E-state index contributed by atoms with van der Waals surface area (Å²) >= 11 is 11.8. The van der Waals surface area contributed by atoms with Crippen molar-refractivity contribution in [3.8, 4) is 0 Å². The van der Waals surface area contributed by atoms with Gasteiger partial charge in [-0.3, -0.25) is 4.79 Å². The van der Waals surface area contributed by atoms with Crippen molar-refractivity contribution in [2.24, 2.45) is 0 Å². The maximum absolute atomic E-state index is 12.3. The molecule has 1 amide bonds. The van der Waals surface area contributed by atoms with Crippen molar-refractivity contribution < 1.29 is 4.79 Å². The third-order valence-corrected chi connectivity index (χ3v) is 4.92. The largest absolute Gasteiger partial charge is 0.338 e. The maximum Gasteiger partial charge on any atom is 0.258 e. The van der Waals surface area contributed by atoms with E-state index < -0.39 is 0 Å². The van der Waals surface area contributed by atoms with Gasteiger partial charge < -0.3 is 15.1 Å². The van der Waals surface area contributed by atoms with E-state index in [9.17, 15) is 4.79 Å². The van der Waals surface area contributed by atoms with Gasteiger partial charge in [-0.25, -0.2) is 9.97 Å². The molecule has 25 heavy (non-hydrogen) atoms. The summed E-state index contributed by atoms with van der Waals surface area (Å²) in [5.41, 5.74) is 0.959. The second kappa shape index (κ2) is 7.99. The standard InChI is InChI=1S/C17H19Cl2N5O/c1-2-23-5-7-24(8-6-23)17-20-10-12(11-21-17)16(25)22-13-3-4-14(18)15(19)9-13/h3-4,9-11H,2,5-8H2,1H3,(H,22,25). The number of carbonyl (C=O) groups excluding carboxylic acids is 1. The lowest BCUT2D eigenvalue weighted by molar-refractivity contribution is 0.102. The maximum atomic E-state index is 12.3. The summed E-state index contributed by atoms with van der Waals surface area (Å²) in [6.45, 7) is 7.00. The number of piperazine rings is 1. The van der Waals surface area contributed by atoms with Crippen molar-refractivity contribution in [1.82, 2.24) is 14.9 Å². The Balaban J connectivity index is 1.63. The van der Waals surface area contributed by atoms with Gasteiger partial charge in [-0.05, 0) is 24.7 Å². The molecule has 0 spiro atoms. The van der Waals surface area contributed by atoms with Crippen LogP contribution in [0.2, 0.25) is 10.0 Å². The van der Waals surface area contributed by atoms with Gasteiger partial charge in [0.1, 0.15) is 0 Å². The lowest BCUT2D eigenvalue weighted by Crippen LogP contribution is -2.46. The molecule has 8 heteroatoms. The van der Waals surface area contributed by atoms with Gasteiger partial charge in [0, 0.05) is 44.3 Å². The molecule has 0 saturated carbocycles. The molecule has 1 aromatic carbocycles. The summed E-state index contributed by atoms with van der Waals surface area (Å²) in [5, 5.41) is 3.58. The van der Waals surface area contributed by atoms with Crippen LogP contribution in [0.3, 0.4) is 0 Å². The highest BCUT2D eigenvalue weighted by Crippen LogP contribution is 2.25. The number of amides is 1. The van der Waals surface area contributed by atoms with E-state index in [1.807, 2.05) is 0 Å². The Kier molecular flexibility index (Phi) is 5.73. The first-order valence-corrected chi connectivity index (χ1v) is 8.88. The number of carbonyl (C=O) groups is 1. The van der Waals surface area contributed by atoms with Gasteiger partial charge in [-0.15, -0.1) is 0 Å². The molecule has 2 heterocycles. The molecule has 1 N–H and O–H groups in total. The van der Waals surface area contributed by atoms with Crippen molar-refractivity contribution in [1.29, 1.82) is 0 Å². The van der Waals surface area contributed by atoms with Crippen LogP contribution in [0, 0.1) is 0 Å². The first-order valence-electron chi connectivity index (χ1n) is 8.12. The molecule has 0 bridgehead atoms. The molecule has 1 saturated heterocycles. The molecule has 1 aromatic heterocycles. The minimum absolute atomic E-state index is 0.291. The third kappa shape index (κ3) is 4.39. The number of nitrogens with one attached hydrogen (secondary N) is 1. The average molecular weight is 380 g/mol. The highest BCUT2D eigenvalue weighted by Gasteiger charge is 2.18. The fourth-order valence-electron chi connectivity index (χ4n) is 2.64. The number of nitrogens with zero attached hydrogens (tertiary/aromatic N) is 4. The molecular weight excluding hydrogens is 361 g/mol. The first kappa shape index (κ1) is 17.9. The normalized spacial score (nSPS) is 15.2. The number of likely N-dealkylation sites (N-methyl/N-ethyl adjacent to an activating group) is 1. The van der Waals surface area contributed by atoms with Crippen LogP contribution in [0.15, 0.2) is 30.6 Å². The molecule has 1 fully saturated rings. The van der Waals surface area contributed by atoms with Crippen molar-refractivity contribution in [3.63, 3.8) is 0 Å². The van der Waals surface area contributed by atoms with Crippen molar-refractivity contribution in [2.45, 2.75) is 6.92 Å². The fourth-order valence-corrected chi connectivity index (χ4v) is 2.94. The van der Waals surface area contributed by atoms with Crippen LogP contribution in [-0.4, -0.2) is 53.5 Å². The summed E-state index contributed by atoms with van der Waals surface area (Å²) in [7, 11) is 0. The van der Waals surface area contributed by atoms with Crippen LogP contribution < -0.4 is 10.2 Å². The first-order chi connectivity index (χ1) is 12.1. The second-order valence-electron chi connectivity index (χ2n) is 5.78. The van der Waals surface area contributed by atoms with Crippen molar-refractivity contribution >= 4 is 40.7 Å². The Bertz CT molecular complexity index is 745. The Labute approximate surface area is 156 Å². The monoisotopic (exact) mass is 379 g/mol. The predicted molar refractivity (Wildman–Crippen MR) is 101 cm³/mol. The molecule has 1 aliphatic heterocycles. The molecule has 2 aromatic rings. The van der Waals surface area contributed by atoms with Gasteiger partial charge in [0.25, 0.3) is 5.91 Å². The van der Waals surface area contributed by atoms with E-state index in [2.05, 4.69) is 32.0 Å². The van der Waals surface area contributed by atoms with Crippen LogP contribution >= 0.6 is 23.2 Å². The number of rotatable bonds is 4. The number of anilines is 2. The van der Waals surface area contributed by atoms with E-state index in [1.165, 1.54) is 0 Å². The molecular formula is C17H19Cl2N5O. The quantitative estimate of drug-likeness (QED) is 0.883. The smallest absolute Gasteiger partial charge is 0.258 e. The molecule has 0 aliphatic carbocycles. The lowest BCUT2D eigenvalue weighted by Gasteiger charge is -2.33. The van der Waals surface area contributed by atoms with Crippen molar-refractivity contribution in [2.75, 3.05) is 42.9 Å². The highest BCUT2D eigenvalue weighted by atomic mass is 35.5. The molecule has 0 radical (unpaired) electrons. The summed E-state index contributed by atoms with van der Waals surface area (Å²) < 4.78 is 0. The van der Waals surface area contributed by atoms with E-state index in [0.29, 0.717) is 27.2 Å². The molecule has 132 valence electrons. The van der Waals surface area contributed by atoms with E-state index >= 15 is 0 Å². The number of benzene rings is 1. The molecule has 1 aliphatic rings. The Hall–Kier alpha value is -1.89. The second-order valence-corrected chi connectivity index (χ2v) is 6.59. The van der Waals surface area contributed by atoms with Gasteiger partial charge in [-0.2, -0.15) is 0 Å². The van der Waals surface area contributed by atoms with Crippen LogP contribution in [0.25, 0.3) is 0 Å². The zero-order valence-electron chi connectivity index (χ0n) is 13.9. The van der Waals surface area contributed by atoms with Gasteiger partial charge in [-0.1, -0.05) is 30.1 Å². The zero-order valence-corrected chi connectivity index (χ0v) is 15.4. The predicted octanol–water partition coefficient (Wildman–Crippen LogP) is 3.18. The summed E-state index contributed by atoms with van der Waals surface area (Å²) in [6, 6.07) is 4.92. The van der Waals surface area contributed by atoms with E-state index in [1.54, 1.807) is 30.6 Å². The van der Waals surface area contributed by atoms with Crippen LogP contribution in [-0.2, 0) is 0 Å². The van der Waals surface area contributed by atoms with E-state index in [-0.39, 0.29) is 5.91 Å². The topological polar surface area (TPSA) is 61.4 Å². The SMILES string of the molecule is CCN1CCN(c2ncc(C(=O)Nc3ccc(Cl)c(Cl)c3)cn2)CC1. The van der Waals surface area contributed by atoms with Gasteiger partial charge >= 0.3 is 0 Å². The summed E-state index contributed by atoms with van der Waals surface area (Å²) in [6.07, 6.45) is 3.09. The zero-order chi connectivity index (χ0) is 17.8. The Morgan fingerprint density at radius 1 is 1.12 bits per heavy atom. The molecule has 0 atom stereocenters. The number of hydrogen-bond donors (Lipinski definition) is 1.